The van der Waals surface area contributed by atoms with Gasteiger partial charge in [0.1, 0.15) is 5.75 Å². The number of hydrogen-bond donors (Lipinski definition) is 1. The largest absolute Gasteiger partial charge is 0.481 e. The average molecular weight is 375 g/mol. The number of ether oxygens (including phenoxy) is 2. The summed E-state index contributed by atoms with van der Waals surface area (Å²) in [5, 5.41) is 3.20. The average Bonchev–Trinajstić information content (AvgIpc) is 2.71. The second-order valence-electron chi connectivity index (χ2n) is 8.06. The number of carbonyl (C=O) groups is 1. The third-order valence-electron chi connectivity index (χ3n) is 6.29. The Morgan fingerprint density at radius 1 is 1.22 bits per heavy atom. The van der Waals surface area contributed by atoms with Crippen molar-refractivity contribution < 1.29 is 14.3 Å². The van der Waals surface area contributed by atoms with Crippen LogP contribution in [0.25, 0.3) is 0 Å². The Bertz CT molecular complexity index is 634. The van der Waals surface area contributed by atoms with Crippen LogP contribution in [0, 0.1) is 13.8 Å². The summed E-state index contributed by atoms with van der Waals surface area (Å²) in [6.45, 7) is 10.1. The molecule has 1 aromatic carbocycles. The second-order valence-corrected chi connectivity index (χ2v) is 8.06. The maximum absolute atomic E-state index is 12.7. The zero-order valence-corrected chi connectivity index (χ0v) is 17.1. The smallest absolute Gasteiger partial charge is 0.260 e. The Morgan fingerprint density at radius 2 is 1.93 bits per heavy atom. The van der Waals surface area contributed by atoms with Crippen LogP contribution in [-0.2, 0) is 9.53 Å². The van der Waals surface area contributed by atoms with Crippen molar-refractivity contribution in [2.45, 2.75) is 64.5 Å². The molecule has 1 heterocycles. The highest BCUT2D eigenvalue weighted by molar-refractivity contribution is 5.80. The molecule has 1 saturated heterocycles. The van der Waals surface area contributed by atoms with E-state index in [0.717, 1.165) is 50.5 Å². The summed E-state index contributed by atoms with van der Waals surface area (Å²) < 4.78 is 11.5. The normalized spacial score (nSPS) is 21.4. The first-order valence-electron chi connectivity index (χ1n) is 10.4. The molecule has 1 amide bonds. The van der Waals surface area contributed by atoms with E-state index in [2.05, 4.69) is 23.2 Å². The number of aryl methyl sites for hydroxylation is 1. The quantitative estimate of drug-likeness (QED) is 0.831. The molecule has 150 valence electrons. The molecule has 2 fully saturated rings. The van der Waals surface area contributed by atoms with Crippen molar-refractivity contribution in [1.29, 1.82) is 0 Å². The molecule has 0 bridgehead atoms. The summed E-state index contributed by atoms with van der Waals surface area (Å²) >= 11 is 0. The Morgan fingerprint density at radius 3 is 2.63 bits per heavy atom. The van der Waals surface area contributed by atoms with Gasteiger partial charge in [-0.3, -0.25) is 9.69 Å². The Kier molecular flexibility index (Phi) is 6.77. The zero-order valence-electron chi connectivity index (χ0n) is 17.1. The number of nitrogens with one attached hydrogen (secondary N) is 1. The number of amides is 1. The first-order chi connectivity index (χ1) is 13.0. The molecule has 1 aliphatic carbocycles. The van der Waals surface area contributed by atoms with Gasteiger partial charge in [0.2, 0.25) is 0 Å². The summed E-state index contributed by atoms with van der Waals surface area (Å²) in [4.78, 5) is 15.3. The lowest BCUT2D eigenvalue weighted by Gasteiger charge is -2.48. The van der Waals surface area contributed by atoms with Crippen molar-refractivity contribution in [3.8, 4) is 5.75 Å². The van der Waals surface area contributed by atoms with Crippen LogP contribution in [0.2, 0.25) is 0 Å². The number of benzene rings is 1. The van der Waals surface area contributed by atoms with Gasteiger partial charge in [-0.1, -0.05) is 31.4 Å². The Labute approximate surface area is 163 Å². The summed E-state index contributed by atoms with van der Waals surface area (Å²) in [7, 11) is 0. The minimum absolute atomic E-state index is 0.0332. The van der Waals surface area contributed by atoms with E-state index in [4.69, 9.17) is 9.47 Å². The Balaban J connectivity index is 1.60. The first kappa shape index (κ1) is 20.2. The second kappa shape index (κ2) is 9.07. The lowest BCUT2D eigenvalue weighted by molar-refractivity contribution is -0.128. The Hall–Kier alpha value is -1.59. The van der Waals surface area contributed by atoms with Gasteiger partial charge in [-0.15, -0.1) is 0 Å². The minimum atomic E-state index is -0.504. The monoisotopic (exact) mass is 374 g/mol. The molecule has 1 saturated carbocycles. The standard InChI is InChI=1S/C22H34N2O3/c1-17-8-7-9-20(18(17)2)27-19(3)21(25)23-16-22(10-5-4-6-11-22)24-12-14-26-15-13-24/h7-9,19H,4-6,10-16H2,1-3H3,(H,23,25)/t19-/m0/s1. The van der Waals surface area contributed by atoms with Crippen LogP contribution in [-0.4, -0.2) is 55.3 Å². The molecule has 0 unspecified atom stereocenters. The van der Waals surface area contributed by atoms with E-state index in [-0.39, 0.29) is 11.4 Å². The number of carbonyl (C=O) groups excluding carboxylic acids is 1. The van der Waals surface area contributed by atoms with E-state index >= 15 is 0 Å². The third-order valence-corrected chi connectivity index (χ3v) is 6.29. The van der Waals surface area contributed by atoms with Gasteiger partial charge in [0.15, 0.2) is 6.10 Å². The van der Waals surface area contributed by atoms with Crippen molar-refractivity contribution in [2.24, 2.45) is 0 Å². The van der Waals surface area contributed by atoms with E-state index in [1.165, 1.54) is 24.8 Å². The molecular weight excluding hydrogens is 340 g/mol. The van der Waals surface area contributed by atoms with E-state index in [1.807, 2.05) is 26.0 Å². The van der Waals surface area contributed by atoms with Crippen LogP contribution < -0.4 is 10.1 Å². The van der Waals surface area contributed by atoms with Crippen molar-refractivity contribution in [3.63, 3.8) is 0 Å². The van der Waals surface area contributed by atoms with E-state index in [1.54, 1.807) is 0 Å². The molecule has 5 nitrogen and oxygen atoms in total. The van der Waals surface area contributed by atoms with Crippen LogP contribution in [0.3, 0.4) is 0 Å². The van der Waals surface area contributed by atoms with Crippen molar-refractivity contribution in [3.05, 3.63) is 29.3 Å². The lowest BCUT2D eigenvalue weighted by Crippen LogP contribution is -2.60. The molecule has 27 heavy (non-hydrogen) atoms. The summed E-state index contributed by atoms with van der Waals surface area (Å²) in [5.74, 6) is 0.757. The van der Waals surface area contributed by atoms with Crippen LogP contribution in [0.5, 0.6) is 5.75 Å². The number of rotatable bonds is 6. The number of morpholine rings is 1. The molecule has 0 spiro atoms. The maximum Gasteiger partial charge on any atom is 0.260 e. The van der Waals surface area contributed by atoms with Gasteiger partial charge in [-0.05, 0) is 50.8 Å². The first-order valence-corrected chi connectivity index (χ1v) is 10.4. The van der Waals surface area contributed by atoms with E-state index < -0.39 is 6.10 Å². The van der Waals surface area contributed by atoms with Crippen LogP contribution in [0.4, 0.5) is 0 Å². The third kappa shape index (κ3) is 4.82. The van der Waals surface area contributed by atoms with Gasteiger partial charge in [-0.25, -0.2) is 0 Å². The van der Waals surface area contributed by atoms with E-state index in [0.29, 0.717) is 6.54 Å². The van der Waals surface area contributed by atoms with Crippen LogP contribution in [0.15, 0.2) is 18.2 Å². The highest BCUT2D eigenvalue weighted by atomic mass is 16.5. The number of nitrogens with zero attached hydrogens (tertiary/aromatic N) is 1. The highest BCUT2D eigenvalue weighted by Gasteiger charge is 2.39. The van der Waals surface area contributed by atoms with Gasteiger partial charge < -0.3 is 14.8 Å². The van der Waals surface area contributed by atoms with Gasteiger partial charge in [0, 0.05) is 25.2 Å². The fraction of sp³-hybridized carbons (Fsp3) is 0.682. The summed E-state index contributed by atoms with van der Waals surface area (Å²) in [6.07, 6.45) is 5.57. The SMILES string of the molecule is Cc1cccc(O[C@@H](C)C(=O)NCC2(N3CCOCC3)CCCCC2)c1C. The van der Waals surface area contributed by atoms with Gasteiger partial charge >= 0.3 is 0 Å². The molecule has 5 heteroatoms. The van der Waals surface area contributed by atoms with E-state index in [9.17, 15) is 4.79 Å². The van der Waals surface area contributed by atoms with Gasteiger partial charge in [-0.2, -0.15) is 0 Å². The van der Waals surface area contributed by atoms with Crippen molar-refractivity contribution in [1.82, 2.24) is 10.2 Å². The fourth-order valence-electron chi connectivity index (χ4n) is 4.34. The predicted molar refractivity (Wildman–Crippen MR) is 107 cm³/mol. The van der Waals surface area contributed by atoms with Gasteiger partial charge in [0.05, 0.1) is 13.2 Å². The molecule has 1 atom stereocenters. The molecular formula is C22H34N2O3. The molecule has 2 aliphatic rings. The topological polar surface area (TPSA) is 50.8 Å². The molecule has 3 rings (SSSR count). The lowest BCUT2D eigenvalue weighted by atomic mass is 9.79. The molecule has 0 aromatic heterocycles. The van der Waals surface area contributed by atoms with Crippen molar-refractivity contribution >= 4 is 5.91 Å². The number of hydrogen-bond acceptors (Lipinski definition) is 4. The minimum Gasteiger partial charge on any atom is -0.481 e. The summed E-state index contributed by atoms with van der Waals surface area (Å²) in [6, 6.07) is 5.96. The molecule has 1 aliphatic heterocycles. The van der Waals surface area contributed by atoms with Crippen LogP contribution >= 0.6 is 0 Å². The van der Waals surface area contributed by atoms with Crippen molar-refractivity contribution in [2.75, 3.05) is 32.8 Å². The fourth-order valence-corrected chi connectivity index (χ4v) is 4.34. The predicted octanol–water partition coefficient (Wildman–Crippen LogP) is 3.22. The van der Waals surface area contributed by atoms with Gasteiger partial charge in [0.25, 0.3) is 5.91 Å². The van der Waals surface area contributed by atoms with Crippen LogP contribution in [0.1, 0.15) is 50.2 Å². The highest BCUT2D eigenvalue weighted by Crippen LogP contribution is 2.34. The maximum atomic E-state index is 12.7. The molecule has 1 aromatic rings. The summed E-state index contributed by atoms with van der Waals surface area (Å²) in [5.41, 5.74) is 2.35. The zero-order chi connectivity index (χ0) is 19.3. The molecule has 0 radical (unpaired) electrons. The molecule has 1 N–H and O–H groups in total.